The smallest absolute Gasteiger partial charge is 0.461 e. The van der Waals surface area contributed by atoms with Gasteiger partial charge >= 0.3 is 12.5 Å². The highest BCUT2D eigenvalue weighted by atomic mass is 32.2. The molecule has 1 aliphatic heterocycles. The van der Waals surface area contributed by atoms with Gasteiger partial charge in [-0.15, -0.1) is 0 Å². The van der Waals surface area contributed by atoms with Gasteiger partial charge in [0.2, 0.25) is 11.8 Å². The standard InChI is InChI=1S/C21H20F4N2O4S/c1-27-11-14(12-6-5-7-13(10-12)31-21(24,25)20(22)23)17(19(27)29)18(28)26-15-8-3-4-9-16(15)32(2)30/h3-10,14,17,20H,11H2,1-2H3,(H,26,28)/t14-,17+,32?/m1/s1. The Morgan fingerprint density at radius 1 is 1.25 bits per heavy atom. The van der Waals surface area contributed by atoms with E-state index in [2.05, 4.69) is 10.1 Å². The second-order valence-corrected chi connectivity index (χ2v) is 8.63. The van der Waals surface area contributed by atoms with Crippen LogP contribution in [0.1, 0.15) is 11.5 Å². The van der Waals surface area contributed by atoms with Crippen LogP contribution < -0.4 is 10.1 Å². The number of nitrogens with zero attached hydrogens (tertiary/aromatic N) is 1. The lowest BCUT2D eigenvalue weighted by Gasteiger charge is -2.20. The highest BCUT2D eigenvalue weighted by Gasteiger charge is 2.46. The zero-order valence-electron chi connectivity index (χ0n) is 17.1. The Morgan fingerprint density at radius 3 is 2.59 bits per heavy atom. The predicted octanol–water partition coefficient (Wildman–Crippen LogP) is 3.47. The first kappa shape index (κ1) is 23.9. The summed E-state index contributed by atoms with van der Waals surface area (Å²) in [4.78, 5) is 27.4. The Labute approximate surface area is 184 Å². The molecule has 0 aliphatic carbocycles. The number of nitrogens with one attached hydrogen (secondary N) is 1. The summed E-state index contributed by atoms with van der Waals surface area (Å²) < 4.78 is 67.6. The van der Waals surface area contributed by atoms with Crippen molar-refractivity contribution >= 4 is 28.7 Å². The zero-order valence-corrected chi connectivity index (χ0v) is 17.9. The van der Waals surface area contributed by atoms with E-state index in [0.29, 0.717) is 10.5 Å². The van der Waals surface area contributed by atoms with Gasteiger partial charge in [-0.05, 0) is 41.0 Å². The van der Waals surface area contributed by atoms with Crippen LogP contribution in [0.5, 0.6) is 5.75 Å². The van der Waals surface area contributed by atoms with Crippen molar-refractivity contribution in [1.29, 1.82) is 0 Å². The van der Waals surface area contributed by atoms with Crippen molar-refractivity contribution < 1.29 is 36.4 Å². The monoisotopic (exact) mass is 472 g/mol. The summed E-state index contributed by atoms with van der Waals surface area (Å²) in [5, 5.41) is 2.62. The van der Waals surface area contributed by atoms with Gasteiger partial charge in [0.1, 0.15) is 17.9 Å². The van der Waals surface area contributed by atoms with Crippen molar-refractivity contribution in [3.8, 4) is 5.75 Å². The SMILES string of the molecule is CN1C[C@H](c2cccc(OC(F)(F)C(F)F)c2)[C@@H](C(=O)Nc2ccccc2[S+](C)[O-])C1=O. The van der Waals surface area contributed by atoms with Crippen molar-refractivity contribution in [3.63, 3.8) is 0 Å². The number of hydrogen-bond acceptors (Lipinski definition) is 4. The van der Waals surface area contributed by atoms with E-state index in [1.165, 1.54) is 30.3 Å². The fourth-order valence-corrected chi connectivity index (χ4v) is 4.23. The third-order valence-electron chi connectivity index (χ3n) is 5.05. The fraction of sp³-hybridized carbons (Fsp3) is 0.333. The number of likely N-dealkylation sites (N-methyl/N-ethyl adjacent to an activating group) is 1. The highest BCUT2D eigenvalue weighted by Crippen LogP contribution is 2.37. The van der Waals surface area contributed by atoms with Crippen molar-refractivity contribution in [2.45, 2.75) is 23.3 Å². The van der Waals surface area contributed by atoms with Crippen molar-refractivity contribution in [2.24, 2.45) is 5.92 Å². The van der Waals surface area contributed by atoms with Crippen LogP contribution in [0.3, 0.4) is 0 Å². The van der Waals surface area contributed by atoms with E-state index in [0.717, 1.165) is 12.1 Å². The van der Waals surface area contributed by atoms with Crippen LogP contribution in [0.15, 0.2) is 53.4 Å². The van der Waals surface area contributed by atoms with Crippen molar-refractivity contribution in [1.82, 2.24) is 4.90 Å². The molecule has 6 nitrogen and oxygen atoms in total. The molecular weight excluding hydrogens is 452 g/mol. The van der Waals surface area contributed by atoms with Crippen LogP contribution in [0.4, 0.5) is 23.2 Å². The second-order valence-electron chi connectivity index (χ2n) is 7.28. The third kappa shape index (κ3) is 4.99. The van der Waals surface area contributed by atoms with Crippen LogP contribution in [0.2, 0.25) is 0 Å². The van der Waals surface area contributed by atoms with Crippen molar-refractivity contribution in [3.05, 3.63) is 54.1 Å². The lowest BCUT2D eigenvalue weighted by atomic mass is 9.87. The van der Waals surface area contributed by atoms with Crippen LogP contribution in [0, 0.1) is 5.92 Å². The van der Waals surface area contributed by atoms with Gasteiger partial charge in [-0.25, -0.2) is 0 Å². The summed E-state index contributed by atoms with van der Waals surface area (Å²) in [6, 6.07) is 11.4. The molecule has 0 radical (unpaired) electrons. The summed E-state index contributed by atoms with van der Waals surface area (Å²) in [7, 11) is 1.49. The maximum Gasteiger partial charge on any atom is 0.461 e. The quantitative estimate of drug-likeness (QED) is 0.380. The van der Waals surface area contributed by atoms with E-state index in [1.54, 1.807) is 24.3 Å². The van der Waals surface area contributed by atoms with Gasteiger partial charge in [0.25, 0.3) is 0 Å². The summed E-state index contributed by atoms with van der Waals surface area (Å²) in [6.45, 7) is 0.104. The van der Waals surface area contributed by atoms with Gasteiger partial charge in [0, 0.05) is 19.5 Å². The molecule has 3 atom stereocenters. The number of likely N-dealkylation sites (tertiary alicyclic amines) is 1. The molecule has 1 saturated heterocycles. The van der Waals surface area contributed by atoms with Gasteiger partial charge in [-0.1, -0.05) is 24.3 Å². The molecule has 2 amide bonds. The molecule has 1 aliphatic rings. The molecule has 1 fully saturated rings. The summed E-state index contributed by atoms with van der Waals surface area (Å²) in [5.74, 6) is -3.61. The number of benzene rings is 2. The lowest BCUT2D eigenvalue weighted by Crippen LogP contribution is -2.34. The Bertz CT molecular complexity index is 1010. The fourth-order valence-electron chi connectivity index (χ4n) is 3.53. The normalized spacial score (nSPS) is 19.9. The number of rotatable bonds is 7. The Kier molecular flexibility index (Phi) is 6.99. The molecule has 3 rings (SSSR count). The van der Waals surface area contributed by atoms with Crippen LogP contribution >= 0.6 is 0 Å². The number of amides is 2. The molecule has 0 bridgehead atoms. The molecule has 1 unspecified atom stereocenters. The second kappa shape index (κ2) is 9.37. The molecule has 32 heavy (non-hydrogen) atoms. The molecule has 0 saturated carbocycles. The minimum absolute atomic E-state index is 0.104. The van der Waals surface area contributed by atoms with E-state index in [9.17, 15) is 31.7 Å². The number of ether oxygens (including phenoxy) is 1. The molecule has 11 heteroatoms. The van der Waals surface area contributed by atoms with Crippen molar-refractivity contribution in [2.75, 3.05) is 25.2 Å². The van der Waals surface area contributed by atoms with Crippen LogP contribution in [-0.4, -0.2) is 53.6 Å². The lowest BCUT2D eigenvalue weighted by molar-refractivity contribution is -0.253. The molecule has 0 spiro atoms. The van der Waals surface area contributed by atoms with Crippen LogP contribution in [0.25, 0.3) is 0 Å². The first-order valence-electron chi connectivity index (χ1n) is 9.44. The zero-order chi connectivity index (χ0) is 23.6. The summed E-state index contributed by atoms with van der Waals surface area (Å²) >= 11 is -1.39. The highest BCUT2D eigenvalue weighted by molar-refractivity contribution is 7.90. The first-order valence-corrected chi connectivity index (χ1v) is 11.0. The summed E-state index contributed by atoms with van der Waals surface area (Å²) in [5.41, 5.74) is 0.589. The van der Waals surface area contributed by atoms with E-state index >= 15 is 0 Å². The molecule has 1 heterocycles. The van der Waals surface area contributed by atoms with Gasteiger partial charge in [-0.2, -0.15) is 17.6 Å². The molecule has 2 aromatic carbocycles. The minimum Gasteiger partial charge on any atom is -0.612 e. The number of carbonyl (C=O) groups is 2. The van der Waals surface area contributed by atoms with E-state index in [-0.39, 0.29) is 12.2 Å². The number of para-hydroxylation sites is 1. The largest absolute Gasteiger partial charge is 0.612 e. The molecule has 2 aromatic rings. The average molecular weight is 472 g/mol. The topological polar surface area (TPSA) is 81.7 Å². The molecule has 0 aromatic heterocycles. The number of halogens is 4. The maximum absolute atomic E-state index is 13.3. The maximum atomic E-state index is 13.3. The number of carbonyl (C=O) groups excluding carboxylic acids is 2. The van der Waals surface area contributed by atoms with Gasteiger partial charge < -0.3 is 19.5 Å². The number of hydrogen-bond donors (Lipinski definition) is 1. The molecule has 172 valence electrons. The predicted molar refractivity (Wildman–Crippen MR) is 109 cm³/mol. The van der Waals surface area contributed by atoms with Gasteiger partial charge in [0.05, 0.1) is 5.69 Å². The Hall–Kier alpha value is -2.79. The van der Waals surface area contributed by atoms with E-state index in [1.807, 2.05) is 0 Å². The van der Waals surface area contributed by atoms with Gasteiger partial charge in [-0.3, -0.25) is 9.59 Å². The number of alkyl halides is 4. The average Bonchev–Trinajstić information content (AvgIpc) is 3.02. The Balaban J connectivity index is 1.88. The molecule has 1 N–H and O–H groups in total. The number of anilines is 1. The third-order valence-corrected chi connectivity index (χ3v) is 6.02. The van der Waals surface area contributed by atoms with Crippen LogP contribution in [-0.2, 0) is 20.8 Å². The summed E-state index contributed by atoms with van der Waals surface area (Å²) in [6.07, 6.45) is -7.26. The molecular formula is C21H20F4N2O4S. The Morgan fingerprint density at radius 2 is 1.94 bits per heavy atom. The van der Waals surface area contributed by atoms with E-state index in [4.69, 9.17) is 0 Å². The van der Waals surface area contributed by atoms with E-state index < -0.39 is 53.1 Å². The van der Waals surface area contributed by atoms with Gasteiger partial charge in [0.15, 0.2) is 4.90 Å². The first-order chi connectivity index (χ1) is 15.0. The minimum atomic E-state index is -4.68.